The number of ether oxygens (including phenoxy) is 1. The molecule has 1 aliphatic heterocycles. The molecule has 1 aliphatic rings. The van der Waals surface area contributed by atoms with Crippen molar-refractivity contribution in [2.45, 2.75) is 6.10 Å². The van der Waals surface area contributed by atoms with E-state index in [1.54, 1.807) is 19.2 Å². The third-order valence-electron chi connectivity index (χ3n) is 4.53. The number of hydrogen-bond acceptors (Lipinski definition) is 5. The molecular weight excluding hydrogens is 320 g/mol. The fourth-order valence-electron chi connectivity index (χ4n) is 3.17. The minimum Gasteiger partial charge on any atom is -0.506 e. The Labute approximate surface area is 147 Å². The van der Waals surface area contributed by atoms with Crippen molar-refractivity contribution in [3.05, 3.63) is 42.0 Å². The second kappa shape index (κ2) is 7.82. The minimum absolute atomic E-state index is 0.0161. The van der Waals surface area contributed by atoms with E-state index in [-0.39, 0.29) is 23.8 Å². The van der Waals surface area contributed by atoms with Crippen LogP contribution in [0.3, 0.4) is 0 Å². The van der Waals surface area contributed by atoms with E-state index in [9.17, 15) is 15.0 Å². The SMILES string of the molecule is CN(CC(O)CN1CCOCC1)C(=O)c1ccc2ccccc2c1O. The summed E-state index contributed by atoms with van der Waals surface area (Å²) < 4.78 is 5.29. The molecule has 0 aliphatic carbocycles. The lowest BCUT2D eigenvalue weighted by atomic mass is 10.0. The molecule has 0 bridgehead atoms. The molecule has 1 amide bonds. The van der Waals surface area contributed by atoms with Crippen molar-refractivity contribution >= 4 is 16.7 Å². The number of amides is 1. The fourth-order valence-corrected chi connectivity index (χ4v) is 3.17. The minimum atomic E-state index is -0.644. The smallest absolute Gasteiger partial charge is 0.257 e. The van der Waals surface area contributed by atoms with Crippen molar-refractivity contribution < 1.29 is 19.7 Å². The van der Waals surface area contributed by atoms with Gasteiger partial charge in [-0.3, -0.25) is 9.69 Å². The molecule has 1 fully saturated rings. The van der Waals surface area contributed by atoms with Crippen molar-refractivity contribution in [2.24, 2.45) is 0 Å². The number of hydrogen-bond donors (Lipinski definition) is 2. The number of morpholine rings is 1. The highest BCUT2D eigenvalue weighted by atomic mass is 16.5. The molecule has 134 valence electrons. The summed E-state index contributed by atoms with van der Waals surface area (Å²) in [4.78, 5) is 16.2. The number of β-amino-alcohol motifs (C(OH)–C–C–N with tert-alkyl or cyclic N) is 1. The lowest BCUT2D eigenvalue weighted by molar-refractivity contribution is 0.00876. The van der Waals surface area contributed by atoms with Gasteiger partial charge >= 0.3 is 0 Å². The number of carbonyl (C=O) groups is 1. The predicted molar refractivity (Wildman–Crippen MR) is 95.8 cm³/mol. The van der Waals surface area contributed by atoms with E-state index in [0.29, 0.717) is 25.1 Å². The van der Waals surface area contributed by atoms with Crippen LogP contribution in [0.5, 0.6) is 5.75 Å². The number of phenolic OH excluding ortho intramolecular Hbond substituents is 1. The first-order chi connectivity index (χ1) is 12.1. The van der Waals surface area contributed by atoms with Crippen LogP contribution < -0.4 is 0 Å². The zero-order valence-corrected chi connectivity index (χ0v) is 14.4. The summed E-state index contributed by atoms with van der Waals surface area (Å²) in [5, 5.41) is 22.2. The first-order valence-corrected chi connectivity index (χ1v) is 8.50. The second-order valence-corrected chi connectivity index (χ2v) is 6.44. The summed E-state index contributed by atoms with van der Waals surface area (Å²) in [6.45, 7) is 3.65. The molecule has 2 aromatic carbocycles. The van der Waals surface area contributed by atoms with E-state index in [1.807, 2.05) is 24.3 Å². The lowest BCUT2D eigenvalue weighted by Crippen LogP contribution is -2.45. The average Bonchev–Trinajstić information content (AvgIpc) is 2.62. The van der Waals surface area contributed by atoms with Gasteiger partial charge in [-0.15, -0.1) is 0 Å². The van der Waals surface area contributed by atoms with Gasteiger partial charge in [-0.05, 0) is 11.5 Å². The molecule has 6 nitrogen and oxygen atoms in total. The van der Waals surface area contributed by atoms with Crippen LogP contribution in [0.25, 0.3) is 10.8 Å². The molecule has 1 saturated heterocycles. The molecule has 0 radical (unpaired) electrons. The zero-order valence-electron chi connectivity index (χ0n) is 14.4. The largest absolute Gasteiger partial charge is 0.506 e. The highest BCUT2D eigenvalue weighted by molar-refractivity contribution is 6.03. The van der Waals surface area contributed by atoms with Gasteiger partial charge in [-0.1, -0.05) is 30.3 Å². The van der Waals surface area contributed by atoms with Crippen LogP contribution in [0.1, 0.15) is 10.4 Å². The normalized spacial score (nSPS) is 16.7. The van der Waals surface area contributed by atoms with E-state index in [1.165, 1.54) is 4.90 Å². The quantitative estimate of drug-likeness (QED) is 0.856. The number of nitrogens with zero attached hydrogens (tertiary/aromatic N) is 2. The van der Waals surface area contributed by atoms with Crippen molar-refractivity contribution in [1.29, 1.82) is 0 Å². The van der Waals surface area contributed by atoms with Crippen LogP contribution >= 0.6 is 0 Å². The van der Waals surface area contributed by atoms with Gasteiger partial charge in [0.15, 0.2) is 0 Å². The Kier molecular flexibility index (Phi) is 5.53. The van der Waals surface area contributed by atoms with E-state index < -0.39 is 6.10 Å². The summed E-state index contributed by atoms with van der Waals surface area (Å²) in [6.07, 6.45) is -0.644. The maximum Gasteiger partial charge on any atom is 0.257 e. The molecule has 2 aromatic rings. The van der Waals surface area contributed by atoms with Crippen LogP contribution in [0.15, 0.2) is 36.4 Å². The van der Waals surface area contributed by atoms with Gasteiger partial charge in [-0.25, -0.2) is 0 Å². The highest BCUT2D eigenvalue weighted by Crippen LogP contribution is 2.29. The third-order valence-corrected chi connectivity index (χ3v) is 4.53. The summed E-state index contributed by atoms with van der Waals surface area (Å²) >= 11 is 0. The monoisotopic (exact) mass is 344 g/mol. The van der Waals surface area contributed by atoms with Crippen LogP contribution in [0, 0.1) is 0 Å². The van der Waals surface area contributed by atoms with Gasteiger partial charge in [0.1, 0.15) is 5.75 Å². The molecule has 1 heterocycles. The Hall–Kier alpha value is -2.15. The molecule has 0 aromatic heterocycles. The second-order valence-electron chi connectivity index (χ2n) is 6.44. The molecule has 0 spiro atoms. The van der Waals surface area contributed by atoms with Crippen molar-refractivity contribution in [3.63, 3.8) is 0 Å². The lowest BCUT2D eigenvalue weighted by Gasteiger charge is -2.30. The maximum absolute atomic E-state index is 12.7. The topological polar surface area (TPSA) is 73.2 Å². The Morgan fingerprint density at radius 1 is 1.24 bits per heavy atom. The van der Waals surface area contributed by atoms with Gasteiger partial charge in [0, 0.05) is 38.6 Å². The standard InChI is InChI=1S/C19H24N2O4/c1-20(12-15(22)13-21-8-10-25-11-9-21)19(24)17-7-6-14-4-2-3-5-16(14)18(17)23/h2-7,15,22-23H,8-13H2,1H3. The van der Waals surface area contributed by atoms with Gasteiger partial charge in [-0.2, -0.15) is 0 Å². The molecule has 3 rings (SSSR count). The Morgan fingerprint density at radius 3 is 2.72 bits per heavy atom. The van der Waals surface area contributed by atoms with Gasteiger partial charge in [0.05, 0.1) is 24.9 Å². The summed E-state index contributed by atoms with van der Waals surface area (Å²) in [7, 11) is 1.64. The number of carbonyl (C=O) groups excluding carboxylic acids is 1. The molecule has 2 N–H and O–H groups in total. The number of fused-ring (bicyclic) bond motifs is 1. The molecule has 0 saturated carbocycles. The van der Waals surface area contributed by atoms with Crippen molar-refractivity contribution in [2.75, 3.05) is 46.4 Å². The number of phenols is 1. The van der Waals surface area contributed by atoms with Gasteiger partial charge in [0.2, 0.25) is 0 Å². The Balaban J connectivity index is 1.66. The molecule has 1 atom stereocenters. The Bertz CT molecular complexity index is 743. The zero-order chi connectivity index (χ0) is 17.8. The molecular formula is C19H24N2O4. The van der Waals surface area contributed by atoms with Gasteiger partial charge < -0.3 is 19.8 Å². The average molecular weight is 344 g/mol. The number of benzene rings is 2. The molecule has 25 heavy (non-hydrogen) atoms. The first-order valence-electron chi connectivity index (χ1n) is 8.50. The number of rotatable bonds is 5. The van der Waals surface area contributed by atoms with Crippen molar-refractivity contribution in [3.8, 4) is 5.75 Å². The third kappa shape index (κ3) is 4.10. The number of likely N-dealkylation sites (N-methyl/N-ethyl adjacent to an activating group) is 1. The highest BCUT2D eigenvalue weighted by Gasteiger charge is 2.21. The van der Waals surface area contributed by atoms with E-state index in [2.05, 4.69) is 4.90 Å². The predicted octanol–water partition coefficient (Wildman–Crippen LogP) is 1.31. The van der Waals surface area contributed by atoms with E-state index in [4.69, 9.17) is 4.74 Å². The van der Waals surface area contributed by atoms with Crippen LogP contribution in [0.4, 0.5) is 0 Å². The Morgan fingerprint density at radius 2 is 1.96 bits per heavy atom. The number of aliphatic hydroxyl groups excluding tert-OH is 1. The van der Waals surface area contributed by atoms with Gasteiger partial charge in [0.25, 0.3) is 5.91 Å². The molecule has 1 unspecified atom stereocenters. The fraction of sp³-hybridized carbons (Fsp3) is 0.421. The van der Waals surface area contributed by atoms with Crippen molar-refractivity contribution in [1.82, 2.24) is 9.80 Å². The van der Waals surface area contributed by atoms with Crippen LogP contribution in [-0.4, -0.2) is 78.5 Å². The summed E-state index contributed by atoms with van der Waals surface area (Å²) in [6, 6.07) is 10.8. The van der Waals surface area contributed by atoms with Crippen LogP contribution in [0.2, 0.25) is 0 Å². The van der Waals surface area contributed by atoms with E-state index in [0.717, 1.165) is 18.5 Å². The summed E-state index contributed by atoms with van der Waals surface area (Å²) in [5.41, 5.74) is 0.250. The van der Waals surface area contributed by atoms with Crippen LogP contribution in [-0.2, 0) is 4.74 Å². The summed E-state index contributed by atoms with van der Waals surface area (Å²) in [5.74, 6) is -0.318. The maximum atomic E-state index is 12.7. The van der Waals surface area contributed by atoms with E-state index >= 15 is 0 Å². The number of aromatic hydroxyl groups is 1. The molecule has 6 heteroatoms. The first kappa shape index (κ1) is 17.7. The number of aliphatic hydroxyl groups is 1.